The average molecular weight is 254 g/mol. The molecule has 96 valence electrons. The molecule has 0 fully saturated rings. The third-order valence-electron chi connectivity index (χ3n) is 2.69. The molecule has 4 heteroatoms. The van der Waals surface area contributed by atoms with Crippen LogP contribution in [0.2, 0.25) is 0 Å². The molecule has 1 amide bonds. The SMILES string of the molecule is CC(Cc1cccs1)NC(=O)[C@H](N)C(C)(C)C. The van der Waals surface area contributed by atoms with Crippen LogP contribution in [-0.4, -0.2) is 18.0 Å². The van der Waals surface area contributed by atoms with Crippen molar-refractivity contribution in [1.29, 1.82) is 0 Å². The van der Waals surface area contributed by atoms with Crippen LogP contribution in [-0.2, 0) is 11.2 Å². The van der Waals surface area contributed by atoms with Crippen LogP contribution >= 0.6 is 11.3 Å². The molecule has 0 saturated heterocycles. The Morgan fingerprint density at radius 2 is 2.18 bits per heavy atom. The van der Waals surface area contributed by atoms with Crippen LogP contribution < -0.4 is 11.1 Å². The molecule has 0 aromatic carbocycles. The molecule has 17 heavy (non-hydrogen) atoms. The van der Waals surface area contributed by atoms with Crippen LogP contribution in [0.3, 0.4) is 0 Å². The Balaban J connectivity index is 2.46. The second kappa shape index (κ2) is 5.65. The molecule has 0 saturated carbocycles. The fraction of sp³-hybridized carbons (Fsp3) is 0.615. The summed E-state index contributed by atoms with van der Waals surface area (Å²) in [4.78, 5) is 13.2. The van der Waals surface area contributed by atoms with Crippen LogP contribution in [0, 0.1) is 5.41 Å². The highest BCUT2D eigenvalue weighted by molar-refractivity contribution is 7.09. The zero-order valence-electron chi connectivity index (χ0n) is 11.0. The second-order valence-corrected chi connectivity index (χ2v) is 6.57. The summed E-state index contributed by atoms with van der Waals surface area (Å²) in [5.74, 6) is -0.0680. The molecule has 1 rings (SSSR count). The number of amides is 1. The van der Waals surface area contributed by atoms with Gasteiger partial charge in [0.2, 0.25) is 5.91 Å². The van der Waals surface area contributed by atoms with Gasteiger partial charge in [-0.05, 0) is 23.8 Å². The molecule has 1 unspecified atom stereocenters. The van der Waals surface area contributed by atoms with E-state index in [-0.39, 0.29) is 17.4 Å². The summed E-state index contributed by atoms with van der Waals surface area (Å²) in [6, 6.07) is 3.76. The maximum absolute atomic E-state index is 11.9. The highest BCUT2D eigenvalue weighted by atomic mass is 32.1. The molecule has 0 spiro atoms. The molecule has 0 radical (unpaired) electrons. The number of hydrogen-bond acceptors (Lipinski definition) is 3. The first-order valence-electron chi connectivity index (χ1n) is 5.89. The van der Waals surface area contributed by atoms with E-state index in [1.165, 1.54) is 4.88 Å². The Hall–Kier alpha value is -0.870. The number of carbonyl (C=O) groups excluding carboxylic acids is 1. The highest BCUT2D eigenvalue weighted by Crippen LogP contribution is 2.17. The van der Waals surface area contributed by atoms with Gasteiger partial charge in [0, 0.05) is 17.3 Å². The monoisotopic (exact) mass is 254 g/mol. The molecule has 0 aliphatic rings. The van der Waals surface area contributed by atoms with Gasteiger partial charge in [0.1, 0.15) is 0 Å². The maximum atomic E-state index is 11.9. The van der Waals surface area contributed by atoms with Crippen LogP contribution in [0.5, 0.6) is 0 Å². The summed E-state index contributed by atoms with van der Waals surface area (Å²) in [6.45, 7) is 7.93. The Labute approximate surface area is 107 Å². The topological polar surface area (TPSA) is 55.1 Å². The predicted octanol–water partition coefficient (Wildman–Crippen LogP) is 2.17. The van der Waals surface area contributed by atoms with Gasteiger partial charge < -0.3 is 11.1 Å². The molecule has 1 aromatic rings. The summed E-state index contributed by atoms with van der Waals surface area (Å²) >= 11 is 1.71. The second-order valence-electron chi connectivity index (χ2n) is 5.54. The van der Waals surface area contributed by atoms with Gasteiger partial charge in [0.15, 0.2) is 0 Å². The van der Waals surface area contributed by atoms with Crippen molar-refractivity contribution in [2.75, 3.05) is 0 Å². The summed E-state index contributed by atoms with van der Waals surface area (Å²) < 4.78 is 0. The molecular weight excluding hydrogens is 232 g/mol. The van der Waals surface area contributed by atoms with E-state index in [0.717, 1.165) is 6.42 Å². The van der Waals surface area contributed by atoms with Crippen molar-refractivity contribution >= 4 is 17.2 Å². The maximum Gasteiger partial charge on any atom is 0.237 e. The van der Waals surface area contributed by atoms with E-state index in [1.54, 1.807) is 11.3 Å². The van der Waals surface area contributed by atoms with E-state index in [2.05, 4.69) is 11.4 Å². The van der Waals surface area contributed by atoms with E-state index < -0.39 is 6.04 Å². The minimum absolute atomic E-state index is 0.0680. The Morgan fingerprint density at radius 3 is 2.65 bits per heavy atom. The lowest BCUT2D eigenvalue weighted by Gasteiger charge is -2.27. The lowest BCUT2D eigenvalue weighted by atomic mass is 9.87. The highest BCUT2D eigenvalue weighted by Gasteiger charge is 2.28. The van der Waals surface area contributed by atoms with Crippen LogP contribution in [0.4, 0.5) is 0 Å². The van der Waals surface area contributed by atoms with Crippen molar-refractivity contribution in [2.24, 2.45) is 11.1 Å². The summed E-state index contributed by atoms with van der Waals surface area (Å²) in [5.41, 5.74) is 5.70. The van der Waals surface area contributed by atoms with Crippen molar-refractivity contribution in [2.45, 2.75) is 46.2 Å². The average Bonchev–Trinajstić information content (AvgIpc) is 2.67. The van der Waals surface area contributed by atoms with Gasteiger partial charge in [-0.15, -0.1) is 11.3 Å². The van der Waals surface area contributed by atoms with Gasteiger partial charge in [-0.1, -0.05) is 26.8 Å². The lowest BCUT2D eigenvalue weighted by Crippen LogP contribution is -2.51. The first-order valence-corrected chi connectivity index (χ1v) is 6.77. The van der Waals surface area contributed by atoms with E-state index in [9.17, 15) is 4.79 Å². The van der Waals surface area contributed by atoms with Crippen LogP contribution in [0.25, 0.3) is 0 Å². The standard InChI is InChI=1S/C13H22N2OS/c1-9(8-10-6-5-7-17-10)15-12(16)11(14)13(2,3)4/h5-7,9,11H,8,14H2,1-4H3,(H,15,16)/t9?,11-/m0/s1. The number of nitrogens with one attached hydrogen (secondary N) is 1. The normalized spacial score (nSPS) is 15.4. The van der Waals surface area contributed by atoms with Crippen LogP contribution in [0.15, 0.2) is 17.5 Å². The molecule has 0 aliphatic carbocycles. The number of carbonyl (C=O) groups is 1. The molecule has 3 N–H and O–H groups in total. The summed E-state index contributed by atoms with van der Waals surface area (Å²) in [6.07, 6.45) is 0.861. The lowest BCUT2D eigenvalue weighted by molar-refractivity contribution is -0.125. The molecule has 1 heterocycles. The molecule has 0 aliphatic heterocycles. The van der Waals surface area contributed by atoms with Gasteiger partial charge >= 0.3 is 0 Å². The van der Waals surface area contributed by atoms with Crippen molar-refractivity contribution < 1.29 is 4.79 Å². The summed E-state index contributed by atoms with van der Waals surface area (Å²) in [7, 11) is 0. The molecule has 2 atom stereocenters. The first-order chi connectivity index (χ1) is 7.80. The smallest absolute Gasteiger partial charge is 0.237 e. The predicted molar refractivity (Wildman–Crippen MR) is 73.1 cm³/mol. The molecule has 0 bridgehead atoms. The third-order valence-corrected chi connectivity index (χ3v) is 3.59. The van der Waals surface area contributed by atoms with Gasteiger partial charge in [0.25, 0.3) is 0 Å². The van der Waals surface area contributed by atoms with E-state index in [1.807, 2.05) is 39.1 Å². The largest absolute Gasteiger partial charge is 0.352 e. The summed E-state index contributed by atoms with van der Waals surface area (Å²) in [5, 5.41) is 5.01. The van der Waals surface area contributed by atoms with Gasteiger partial charge in [-0.3, -0.25) is 4.79 Å². The minimum atomic E-state index is -0.465. The van der Waals surface area contributed by atoms with Crippen molar-refractivity contribution in [3.63, 3.8) is 0 Å². The zero-order chi connectivity index (χ0) is 13.1. The number of hydrogen-bond donors (Lipinski definition) is 2. The van der Waals surface area contributed by atoms with E-state index in [4.69, 9.17) is 5.73 Å². The molecule has 1 aromatic heterocycles. The fourth-order valence-corrected chi connectivity index (χ4v) is 2.34. The Kier molecular flexibility index (Phi) is 4.71. The number of nitrogens with two attached hydrogens (primary N) is 1. The van der Waals surface area contributed by atoms with Gasteiger partial charge in [0.05, 0.1) is 6.04 Å². The van der Waals surface area contributed by atoms with Gasteiger partial charge in [-0.2, -0.15) is 0 Å². The molecule has 3 nitrogen and oxygen atoms in total. The van der Waals surface area contributed by atoms with Crippen LogP contribution in [0.1, 0.15) is 32.6 Å². The van der Waals surface area contributed by atoms with Crippen molar-refractivity contribution in [3.05, 3.63) is 22.4 Å². The minimum Gasteiger partial charge on any atom is -0.352 e. The Bertz CT molecular complexity index is 354. The van der Waals surface area contributed by atoms with Gasteiger partial charge in [-0.25, -0.2) is 0 Å². The van der Waals surface area contributed by atoms with Crippen molar-refractivity contribution in [1.82, 2.24) is 5.32 Å². The van der Waals surface area contributed by atoms with E-state index >= 15 is 0 Å². The van der Waals surface area contributed by atoms with Crippen molar-refractivity contribution in [3.8, 4) is 0 Å². The quantitative estimate of drug-likeness (QED) is 0.865. The third kappa shape index (κ3) is 4.48. The number of thiophene rings is 1. The zero-order valence-corrected chi connectivity index (χ0v) is 11.8. The number of rotatable bonds is 4. The van der Waals surface area contributed by atoms with E-state index in [0.29, 0.717) is 0 Å². The first kappa shape index (κ1) is 14.2. The Morgan fingerprint density at radius 1 is 1.53 bits per heavy atom. The molecular formula is C13H22N2OS. The fourth-order valence-electron chi connectivity index (χ4n) is 1.51.